The number of rotatable bonds is 3. The molecule has 2 N–H and O–H groups in total. The molecule has 21 heavy (non-hydrogen) atoms. The third kappa shape index (κ3) is 2.98. The van der Waals surface area contributed by atoms with E-state index in [1.807, 2.05) is 36.4 Å². The monoisotopic (exact) mass is 280 g/mol. The SMILES string of the molecule is CCc1ccccc1NC(=O)c1ccc2c(c1)CCNC2. The van der Waals surface area contributed by atoms with Crippen LogP contribution in [0.25, 0.3) is 0 Å². The van der Waals surface area contributed by atoms with Crippen LogP contribution in [0.4, 0.5) is 5.69 Å². The maximum atomic E-state index is 12.4. The van der Waals surface area contributed by atoms with Crippen molar-refractivity contribution in [1.82, 2.24) is 5.32 Å². The molecule has 0 atom stereocenters. The first-order valence-corrected chi connectivity index (χ1v) is 7.49. The van der Waals surface area contributed by atoms with Gasteiger partial charge in [0.25, 0.3) is 5.91 Å². The van der Waals surface area contributed by atoms with E-state index in [0.29, 0.717) is 0 Å². The smallest absolute Gasteiger partial charge is 0.255 e. The van der Waals surface area contributed by atoms with Crippen molar-refractivity contribution < 1.29 is 4.79 Å². The van der Waals surface area contributed by atoms with Crippen molar-refractivity contribution in [1.29, 1.82) is 0 Å². The largest absolute Gasteiger partial charge is 0.322 e. The van der Waals surface area contributed by atoms with E-state index in [4.69, 9.17) is 0 Å². The average Bonchev–Trinajstić information content (AvgIpc) is 2.55. The number of benzene rings is 2. The third-order valence-corrected chi connectivity index (χ3v) is 4.00. The molecule has 0 radical (unpaired) electrons. The maximum Gasteiger partial charge on any atom is 0.255 e. The summed E-state index contributed by atoms with van der Waals surface area (Å²) in [6.07, 6.45) is 1.90. The van der Waals surface area contributed by atoms with Gasteiger partial charge in [0, 0.05) is 17.8 Å². The minimum Gasteiger partial charge on any atom is -0.322 e. The fourth-order valence-electron chi connectivity index (χ4n) is 2.76. The molecule has 1 aliphatic heterocycles. The summed E-state index contributed by atoms with van der Waals surface area (Å²) in [4.78, 5) is 12.4. The van der Waals surface area contributed by atoms with E-state index in [0.717, 1.165) is 42.7 Å². The molecule has 1 aliphatic rings. The molecular formula is C18H20N2O. The molecule has 108 valence electrons. The molecule has 3 heteroatoms. The molecule has 2 aromatic rings. The van der Waals surface area contributed by atoms with Crippen molar-refractivity contribution in [3.63, 3.8) is 0 Å². The van der Waals surface area contributed by atoms with Gasteiger partial charge in [-0.05, 0) is 54.3 Å². The van der Waals surface area contributed by atoms with Gasteiger partial charge in [-0.15, -0.1) is 0 Å². The Bertz CT molecular complexity index is 664. The second kappa shape index (κ2) is 6.10. The van der Waals surface area contributed by atoms with Crippen LogP contribution in [0, 0.1) is 0 Å². The van der Waals surface area contributed by atoms with Crippen LogP contribution in [0.5, 0.6) is 0 Å². The highest BCUT2D eigenvalue weighted by Crippen LogP contribution is 2.19. The zero-order chi connectivity index (χ0) is 14.7. The number of hydrogen-bond acceptors (Lipinski definition) is 2. The number of carbonyl (C=O) groups excluding carboxylic acids is 1. The summed E-state index contributed by atoms with van der Waals surface area (Å²) < 4.78 is 0. The molecule has 0 saturated heterocycles. The Morgan fingerprint density at radius 3 is 2.90 bits per heavy atom. The van der Waals surface area contributed by atoms with E-state index in [1.54, 1.807) is 0 Å². The highest BCUT2D eigenvalue weighted by Gasteiger charge is 2.13. The summed E-state index contributed by atoms with van der Waals surface area (Å²) in [6.45, 7) is 3.98. The van der Waals surface area contributed by atoms with Crippen molar-refractivity contribution in [2.45, 2.75) is 26.3 Å². The number of anilines is 1. The van der Waals surface area contributed by atoms with Gasteiger partial charge in [-0.1, -0.05) is 31.2 Å². The molecule has 0 aromatic heterocycles. The normalized spacial score (nSPS) is 13.6. The van der Waals surface area contributed by atoms with Gasteiger partial charge in [0.15, 0.2) is 0 Å². The van der Waals surface area contributed by atoms with E-state index < -0.39 is 0 Å². The van der Waals surface area contributed by atoms with Crippen LogP contribution in [0.3, 0.4) is 0 Å². The number of amides is 1. The van der Waals surface area contributed by atoms with Crippen LogP contribution < -0.4 is 10.6 Å². The third-order valence-electron chi connectivity index (χ3n) is 4.00. The molecule has 0 fully saturated rings. The Kier molecular flexibility index (Phi) is 4.02. The molecular weight excluding hydrogens is 260 g/mol. The van der Waals surface area contributed by atoms with Crippen LogP contribution in [0.1, 0.15) is 34.0 Å². The van der Waals surface area contributed by atoms with Crippen molar-refractivity contribution in [2.24, 2.45) is 0 Å². The molecule has 1 amide bonds. The highest BCUT2D eigenvalue weighted by atomic mass is 16.1. The molecule has 1 heterocycles. The van der Waals surface area contributed by atoms with E-state index >= 15 is 0 Å². The van der Waals surface area contributed by atoms with Gasteiger partial charge in [-0.3, -0.25) is 4.79 Å². The molecule has 3 nitrogen and oxygen atoms in total. The Balaban J connectivity index is 1.82. The van der Waals surface area contributed by atoms with Gasteiger partial charge >= 0.3 is 0 Å². The molecule has 0 aliphatic carbocycles. The second-order valence-corrected chi connectivity index (χ2v) is 5.38. The lowest BCUT2D eigenvalue weighted by atomic mass is 9.98. The van der Waals surface area contributed by atoms with Gasteiger partial charge in [-0.2, -0.15) is 0 Å². The lowest BCUT2D eigenvalue weighted by molar-refractivity contribution is 0.102. The zero-order valence-corrected chi connectivity index (χ0v) is 12.3. The average molecular weight is 280 g/mol. The molecule has 0 spiro atoms. The highest BCUT2D eigenvalue weighted by molar-refractivity contribution is 6.04. The first-order chi connectivity index (χ1) is 10.3. The standard InChI is InChI=1S/C18H20N2O/c1-2-13-5-3-4-6-17(13)20-18(21)15-7-8-16-12-19-10-9-14(16)11-15/h3-8,11,19H,2,9-10,12H2,1H3,(H,20,21). The van der Waals surface area contributed by atoms with Gasteiger partial charge in [-0.25, -0.2) is 0 Å². The number of aryl methyl sites for hydroxylation is 1. The molecule has 3 rings (SSSR count). The predicted molar refractivity (Wildman–Crippen MR) is 85.6 cm³/mol. The van der Waals surface area contributed by atoms with Crippen LogP contribution in [-0.4, -0.2) is 12.5 Å². The van der Waals surface area contributed by atoms with Gasteiger partial charge in [0.1, 0.15) is 0 Å². The molecule has 0 saturated carbocycles. The van der Waals surface area contributed by atoms with Crippen LogP contribution >= 0.6 is 0 Å². The number of carbonyl (C=O) groups is 1. The topological polar surface area (TPSA) is 41.1 Å². The van der Waals surface area contributed by atoms with E-state index in [1.165, 1.54) is 11.1 Å². The fourth-order valence-corrected chi connectivity index (χ4v) is 2.76. The van der Waals surface area contributed by atoms with E-state index in [-0.39, 0.29) is 5.91 Å². The number of hydrogen-bond donors (Lipinski definition) is 2. The fraction of sp³-hybridized carbons (Fsp3) is 0.278. The first-order valence-electron chi connectivity index (χ1n) is 7.49. The quantitative estimate of drug-likeness (QED) is 0.907. The van der Waals surface area contributed by atoms with Gasteiger partial charge in [0.2, 0.25) is 0 Å². The van der Waals surface area contributed by atoms with Crippen LogP contribution in [0.15, 0.2) is 42.5 Å². The minimum absolute atomic E-state index is 0.0303. The van der Waals surface area contributed by atoms with Gasteiger partial charge < -0.3 is 10.6 Å². The number of fused-ring (bicyclic) bond motifs is 1. The number of nitrogens with one attached hydrogen (secondary N) is 2. The van der Waals surface area contributed by atoms with E-state index in [2.05, 4.69) is 23.6 Å². The van der Waals surface area contributed by atoms with E-state index in [9.17, 15) is 4.79 Å². The lowest BCUT2D eigenvalue weighted by Crippen LogP contribution is -2.24. The molecule has 0 bridgehead atoms. The first kappa shape index (κ1) is 13.8. The predicted octanol–water partition coefficient (Wildman–Crippen LogP) is 3.15. The minimum atomic E-state index is -0.0303. The van der Waals surface area contributed by atoms with Crippen molar-refractivity contribution in [3.8, 4) is 0 Å². The van der Waals surface area contributed by atoms with Crippen LogP contribution in [0.2, 0.25) is 0 Å². The Labute approximate surface area is 125 Å². The zero-order valence-electron chi connectivity index (χ0n) is 12.3. The molecule has 2 aromatic carbocycles. The summed E-state index contributed by atoms with van der Waals surface area (Å²) in [5.74, 6) is -0.0303. The van der Waals surface area contributed by atoms with Gasteiger partial charge in [0.05, 0.1) is 0 Å². The second-order valence-electron chi connectivity index (χ2n) is 5.38. The summed E-state index contributed by atoms with van der Waals surface area (Å²) in [5, 5.41) is 6.37. The summed E-state index contributed by atoms with van der Waals surface area (Å²) in [6, 6.07) is 14.0. The lowest BCUT2D eigenvalue weighted by Gasteiger charge is -2.18. The van der Waals surface area contributed by atoms with Crippen molar-refractivity contribution in [2.75, 3.05) is 11.9 Å². The summed E-state index contributed by atoms with van der Waals surface area (Å²) in [7, 11) is 0. The molecule has 0 unspecified atom stereocenters. The van der Waals surface area contributed by atoms with Crippen molar-refractivity contribution >= 4 is 11.6 Å². The Morgan fingerprint density at radius 2 is 2.05 bits per heavy atom. The van der Waals surface area contributed by atoms with Crippen molar-refractivity contribution in [3.05, 3.63) is 64.7 Å². The Morgan fingerprint density at radius 1 is 1.19 bits per heavy atom. The maximum absolute atomic E-state index is 12.4. The van der Waals surface area contributed by atoms with Crippen LogP contribution in [-0.2, 0) is 19.4 Å². The summed E-state index contributed by atoms with van der Waals surface area (Å²) in [5.41, 5.74) is 5.39. The Hall–Kier alpha value is -2.13. The summed E-state index contributed by atoms with van der Waals surface area (Å²) >= 11 is 0. The number of para-hydroxylation sites is 1.